The first kappa shape index (κ1) is 41.2. The molecule has 8 rings (SSSR count). The van der Waals surface area contributed by atoms with E-state index in [0.717, 1.165) is 63.6 Å². The van der Waals surface area contributed by atoms with Crippen LogP contribution in [0.15, 0.2) is 59.9 Å². The Balaban J connectivity index is 1.03. The lowest BCUT2D eigenvalue weighted by atomic mass is 9.96. The predicted molar refractivity (Wildman–Crippen MR) is 228 cm³/mol. The van der Waals surface area contributed by atoms with Crippen LogP contribution in [0.1, 0.15) is 55.6 Å². The van der Waals surface area contributed by atoms with Crippen molar-refractivity contribution in [1.82, 2.24) is 39.4 Å². The van der Waals surface area contributed by atoms with Gasteiger partial charge in [-0.1, -0.05) is 42.8 Å². The highest BCUT2D eigenvalue weighted by Gasteiger charge is 2.44. The molecule has 2 aromatic heterocycles. The number of nitrogens with one attached hydrogen (secondary N) is 2. The molecular weight excluding hydrogens is 781 g/mol. The van der Waals surface area contributed by atoms with E-state index in [-0.39, 0.29) is 49.0 Å². The van der Waals surface area contributed by atoms with E-state index >= 15 is 0 Å². The van der Waals surface area contributed by atoms with E-state index in [1.807, 2.05) is 58.3 Å². The van der Waals surface area contributed by atoms with Crippen LogP contribution in [0.25, 0.3) is 33.0 Å². The molecule has 0 aliphatic carbocycles. The molecule has 2 N–H and O–H groups in total. The molecule has 0 saturated carbocycles. The number of aromatic amines is 2. The van der Waals surface area contributed by atoms with E-state index in [1.165, 1.54) is 23.9 Å². The van der Waals surface area contributed by atoms with Gasteiger partial charge in [0.1, 0.15) is 11.4 Å². The van der Waals surface area contributed by atoms with E-state index in [1.54, 1.807) is 23.6 Å². The minimum atomic E-state index is -0.388. The lowest BCUT2D eigenvalue weighted by Crippen LogP contribution is -2.49. The molecule has 4 aromatic rings. The van der Waals surface area contributed by atoms with Crippen LogP contribution in [0.2, 0.25) is 0 Å². The van der Waals surface area contributed by atoms with Gasteiger partial charge in [0, 0.05) is 111 Å². The summed E-state index contributed by atoms with van der Waals surface area (Å²) >= 11 is 0. The molecule has 0 unspecified atom stereocenters. The molecule has 320 valence electrons. The summed E-state index contributed by atoms with van der Waals surface area (Å²) in [6.45, 7) is 7.11. The number of benzene rings is 2. The maximum Gasteiger partial charge on any atom is 0.409 e. The van der Waals surface area contributed by atoms with Gasteiger partial charge in [-0.25, -0.2) is 9.59 Å². The van der Waals surface area contributed by atoms with Gasteiger partial charge in [-0.05, 0) is 51.7 Å². The Morgan fingerprint density at radius 2 is 0.918 bits per heavy atom. The maximum absolute atomic E-state index is 14.0. The fraction of sp³-hybridized carbons (Fsp3) is 0.422. The number of rotatable bonds is 12. The summed E-state index contributed by atoms with van der Waals surface area (Å²) in [7, 11) is 3.02. The molecule has 0 radical (unpaired) electrons. The minimum absolute atomic E-state index is 0.277. The summed E-state index contributed by atoms with van der Waals surface area (Å²) < 4.78 is 10.4. The van der Waals surface area contributed by atoms with Gasteiger partial charge in [0.2, 0.25) is 0 Å². The number of aromatic nitrogens is 2. The standard InChI is InChI=1S/C45H52N8O8/c1-5-60-44(58)52-24-20-50(21-25-52)38-36(40(54)48(3)42(38)56)34-28-14-10-12-16-30(28)46-32(34)18-8-7-9-19-33-35(29-15-11-13-17-31(29)47-33)37-39(43(57)49(4)41(37)55)51-22-26-53(27-23-51)45(59)61-6-2/h10-17,46-47H,5-9,18-27H2,1-4H3. The highest BCUT2D eigenvalue weighted by molar-refractivity contribution is 6.38. The van der Waals surface area contributed by atoms with Crippen molar-refractivity contribution in [2.45, 2.75) is 46.0 Å². The number of piperazine rings is 2. The SMILES string of the molecule is CCOC(=O)N1CCN(C2=C(c3c(CCCCCc4[nH]c5ccccc5c4C4=C(N5CCN(C(=O)OCC)CC5)C(=O)N(C)C4=O)[nH]c4ccccc34)C(=O)N(C)C2=O)CC1. The number of H-pyrrole nitrogens is 2. The van der Waals surface area contributed by atoms with Crippen molar-refractivity contribution in [3.8, 4) is 0 Å². The number of fused-ring (bicyclic) bond motifs is 2. The van der Waals surface area contributed by atoms with Gasteiger partial charge in [0.05, 0.1) is 24.4 Å². The quantitative estimate of drug-likeness (QED) is 0.152. The van der Waals surface area contributed by atoms with Gasteiger partial charge in [-0.3, -0.25) is 29.0 Å². The Morgan fingerprint density at radius 3 is 1.30 bits per heavy atom. The number of amides is 6. The molecule has 4 aliphatic heterocycles. The van der Waals surface area contributed by atoms with Crippen LogP contribution in [0.5, 0.6) is 0 Å². The average Bonchev–Trinajstić information content (AvgIpc) is 3.95. The van der Waals surface area contributed by atoms with Crippen molar-refractivity contribution < 1.29 is 38.2 Å². The van der Waals surface area contributed by atoms with Gasteiger partial charge in [-0.15, -0.1) is 0 Å². The predicted octanol–water partition coefficient (Wildman–Crippen LogP) is 4.57. The molecule has 0 bridgehead atoms. The Morgan fingerprint density at radius 1 is 0.541 bits per heavy atom. The van der Waals surface area contributed by atoms with Crippen molar-refractivity contribution in [3.05, 3.63) is 82.4 Å². The van der Waals surface area contributed by atoms with Gasteiger partial charge in [0.25, 0.3) is 23.6 Å². The van der Waals surface area contributed by atoms with Crippen molar-refractivity contribution in [1.29, 1.82) is 0 Å². The monoisotopic (exact) mass is 832 g/mol. The van der Waals surface area contributed by atoms with Crippen molar-refractivity contribution in [3.63, 3.8) is 0 Å². The zero-order valence-electron chi connectivity index (χ0n) is 35.2. The Hall–Kier alpha value is -6.58. The molecule has 16 nitrogen and oxygen atoms in total. The zero-order valence-corrected chi connectivity index (χ0v) is 35.2. The van der Waals surface area contributed by atoms with E-state index in [0.29, 0.717) is 87.7 Å². The Labute approximate surface area is 353 Å². The van der Waals surface area contributed by atoms with Crippen LogP contribution >= 0.6 is 0 Å². The number of hydrogen-bond acceptors (Lipinski definition) is 10. The highest BCUT2D eigenvalue weighted by atomic mass is 16.6. The van der Waals surface area contributed by atoms with E-state index in [2.05, 4.69) is 9.97 Å². The molecule has 0 spiro atoms. The topological polar surface area (TPSA) is 172 Å². The van der Waals surface area contributed by atoms with Crippen LogP contribution in [0.3, 0.4) is 0 Å². The van der Waals surface area contributed by atoms with Gasteiger partial charge in [-0.2, -0.15) is 0 Å². The molecule has 16 heteroatoms. The third-order valence-electron chi connectivity index (χ3n) is 12.2. The number of imide groups is 2. The fourth-order valence-corrected chi connectivity index (χ4v) is 9.07. The second-order valence-electron chi connectivity index (χ2n) is 15.7. The van der Waals surface area contributed by atoms with Gasteiger partial charge >= 0.3 is 12.2 Å². The van der Waals surface area contributed by atoms with Crippen LogP contribution < -0.4 is 0 Å². The van der Waals surface area contributed by atoms with Crippen LogP contribution in [0, 0.1) is 0 Å². The van der Waals surface area contributed by atoms with Gasteiger partial charge < -0.3 is 39.0 Å². The molecule has 6 amide bonds. The molecule has 4 aliphatic rings. The molecule has 2 aromatic carbocycles. The second kappa shape index (κ2) is 17.2. The number of aryl methyl sites for hydroxylation is 2. The third-order valence-corrected chi connectivity index (χ3v) is 12.2. The Kier molecular flexibility index (Phi) is 11.6. The molecule has 2 saturated heterocycles. The molecule has 61 heavy (non-hydrogen) atoms. The van der Waals surface area contributed by atoms with E-state index in [9.17, 15) is 28.8 Å². The minimum Gasteiger partial charge on any atom is -0.450 e. The summed E-state index contributed by atoms with van der Waals surface area (Å²) in [5.41, 5.74) is 6.41. The summed E-state index contributed by atoms with van der Waals surface area (Å²) in [5.74, 6) is -1.43. The number of nitrogens with zero attached hydrogens (tertiary/aromatic N) is 6. The molecule has 6 heterocycles. The normalized spacial score (nSPS) is 17.7. The number of carbonyl (C=O) groups is 6. The number of para-hydroxylation sites is 2. The highest BCUT2D eigenvalue weighted by Crippen LogP contribution is 2.40. The zero-order chi connectivity index (χ0) is 42.9. The van der Waals surface area contributed by atoms with Crippen molar-refractivity contribution in [2.24, 2.45) is 0 Å². The van der Waals surface area contributed by atoms with Crippen LogP contribution in [0.4, 0.5) is 9.59 Å². The smallest absolute Gasteiger partial charge is 0.409 e. The first-order chi connectivity index (χ1) is 29.5. The summed E-state index contributed by atoms with van der Waals surface area (Å²) in [6, 6.07) is 15.6. The van der Waals surface area contributed by atoms with Crippen LogP contribution in [-0.2, 0) is 41.5 Å². The van der Waals surface area contributed by atoms with Crippen molar-refractivity contribution in [2.75, 3.05) is 79.7 Å². The maximum atomic E-state index is 14.0. The number of carbonyl (C=O) groups excluding carboxylic acids is 6. The summed E-state index contributed by atoms with van der Waals surface area (Å²) in [6.07, 6.45) is 2.81. The number of ether oxygens (including phenoxy) is 2. The molecular formula is C45H52N8O8. The lowest BCUT2D eigenvalue weighted by Gasteiger charge is -2.35. The number of unbranched alkanes of at least 4 members (excludes halogenated alkanes) is 2. The average molecular weight is 833 g/mol. The third kappa shape index (κ3) is 7.48. The summed E-state index contributed by atoms with van der Waals surface area (Å²) in [5, 5.41) is 1.72. The van der Waals surface area contributed by atoms with Crippen molar-refractivity contribution >= 4 is 68.8 Å². The second-order valence-corrected chi connectivity index (χ2v) is 15.7. The van der Waals surface area contributed by atoms with Crippen LogP contribution in [-0.4, -0.2) is 155 Å². The summed E-state index contributed by atoms with van der Waals surface area (Å²) in [4.78, 5) is 96.9. The number of likely N-dealkylation sites (N-methyl/N-ethyl adjacent to an activating group) is 2. The van der Waals surface area contributed by atoms with E-state index < -0.39 is 0 Å². The fourth-order valence-electron chi connectivity index (χ4n) is 9.07. The molecule has 0 atom stereocenters. The van der Waals surface area contributed by atoms with E-state index in [4.69, 9.17) is 9.47 Å². The lowest BCUT2D eigenvalue weighted by molar-refractivity contribution is -0.137. The number of hydrogen-bond donors (Lipinski definition) is 2. The Bertz CT molecular complexity index is 2310. The first-order valence-corrected chi connectivity index (χ1v) is 21.2. The largest absolute Gasteiger partial charge is 0.450 e. The van der Waals surface area contributed by atoms with Gasteiger partial charge in [0.15, 0.2) is 0 Å². The first-order valence-electron chi connectivity index (χ1n) is 21.2. The molecule has 2 fully saturated rings.